The molecule has 0 amide bonds. The number of aliphatic hydroxyl groups is 1. The SMILES string of the molecule is C/C=C/C=[C]\O. The van der Waals surface area contributed by atoms with Gasteiger partial charge in [-0.05, 0) is 13.0 Å². The average molecular weight is 83.1 g/mol. The molecule has 1 heteroatoms. The van der Waals surface area contributed by atoms with Crippen LogP contribution in [0.1, 0.15) is 6.92 Å². The molecule has 0 aromatic carbocycles. The molecule has 0 bridgehead atoms. The van der Waals surface area contributed by atoms with Gasteiger partial charge in [0, 0.05) is 0 Å². The third kappa shape index (κ3) is 3.28. The monoisotopic (exact) mass is 83.0 g/mol. The molecule has 0 saturated carbocycles. The second-order valence-electron chi connectivity index (χ2n) is 0.822. The molecule has 33 valence electrons. The minimum Gasteiger partial charge on any atom is -0.504 e. The first-order chi connectivity index (χ1) is 2.91. The maximum Gasteiger partial charge on any atom is 0.157 e. The van der Waals surface area contributed by atoms with Crippen LogP contribution >= 0.6 is 0 Å². The van der Waals surface area contributed by atoms with Gasteiger partial charge in [0.1, 0.15) is 0 Å². The quantitative estimate of drug-likeness (QED) is 0.375. The Hall–Kier alpha value is -0.720. The van der Waals surface area contributed by atoms with E-state index in [1.54, 1.807) is 6.08 Å². The molecular formula is C5H7O. The van der Waals surface area contributed by atoms with E-state index in [1.807, 2.05) is 19.3 Å². The van der Waals surface area contributed by atoms with Crippen molar-refractivity contribution in [3.63, 3.8) is 0 Å². The summed E-state index contributed by atoms with van der Waals surface area (Å²) in [5, 5.41) is 7.84. The normalized spacial score (nSPS) is 11.5. The molecule has 0 saturated heterocycles. The first kappa shape index (κ1) is 5.28. The van der Waals surface area contributed by atoms with E-state index in [4.69, 9.17) is 5.11 Å². The lowest BCUT2D eigenvalue weighted by Crippen LogP contribution is -1.46. The van der Waals surface area contributed by atoms with Crippen LogP contribution in [0.5, 0.6) is 0 Å². The first-order valence-electron chi connectivity index (χ1n) is 1.76. The Balaban J connectivity index is 3.07. The van der Waals surface area contributed by atoms with Gasteiger partial charge in [0.15, 0.2) is 6.26 Å². The molecule has 0 aliphatic heterocycles. The molecule has 0 aliphatic carbocycles. The molecule has 0 heterocycles. The van der Waals surface area contributed by atoms with Gasteiger partial charge in [0.05, 0.1) is 0 Å². The summed E-state index contributed by atoms with van der Waals surface area (Å²) in [4.78, 5) is 0. The second kappa shape index (κ2) is 4.28. The molecule has 1 nitrogen and oxygen atoms in total. The lowest BCUT2D eigenvalue weighted by molar-refractivity contribution is 0.442. The summed E-state index contributed by atoms with van der Waals surface area (Å²) in [6, 6.07) is 0. The fourth-order valence-electron chi connectivity index (χ4n) is 0.139. The number of hydrogen-bond acceptors (Lipinski definition) is 1. The molecule has 0 aliphatic rings. The van der Waals surface area contributed by atoms with Gasteiger partial charge in [0.2, 0.25) is 0 Å². The largest absolute Gasteiger partial charge is 0.504 e. The number of aliphatic hydroxyl groups excluding tert-OH is 1. The lowest BCUT2D eigenvalue weighted by Gasteiger charge is -1.61. The second-order valence-corrected chi connectivity index (χ2v) is 0.822. The number of rotatable bonds is 1. The predicted octanol–water partition coefficient (Wildman–Crippen LogP) is 1.44. The van der Waals surface area contributed by atoms with Crippen molar-refractivity contribution in [2.45, 2.75) is 6.92 Å². The van der Waals surface area contributed by atoms with Crippen LogP contribution in [-0.2, 0) is 0 Å². The van der Waals surface area contributed by atoms with E-state index in [2.05, 4.69) is 0 Å². The fraction of sp³-hybridized carbons (Fsp3) is 0.200. The highest BCUT2D eigenvalue weighted by Gasteiger charge is 1.52. The predicted molar refractivity (Wildman–Crippen MR) is 25.3 cm³/mol. The highest BCUT2D eigenvalue weighted by atomic mass is 16.2. The van der Waals surface area contributed by atoms with Gasteiger partial charge in [0.25, 0.3) is 0 Å². The van der Waals surface area contributed by atoms with Crippen molar-refractivity contribution >= 4 is 0 Å². The smallest absolute Gasteiger partial charge is 0.157 e. The van der Waals surface area contributed by atoms with Crippen LogP contribution < -0.4 is 0 Å². The van der Waals surface area contributed by atoms with Crippen molar-refractivity contribution in [3.05, 3.63) is 24.5 Å². The van der Waals surface area contributed by atoms with Crippen molar-refractivity contribution in [1.29, 1.82) is 0 Å². The highest BCUT2D eigenvalue weighted by Crippen LogP contribution is 1.68. The first-order valence-corrected chi connectivity index (χ1v) is 1.76. The molecule has 1 N–H and O–H groups in total. The van der Waals surface area contributed by atoms with Gasteiger partial charge < -0.3 is 5.11 Å². The zero-order chi connectivity index (χ0) is 4.83. The zero-order valence-corrected chi connectivity index (χ0v) is 3.68. The maximum atomic E-state index is 7.84. The molecule has 0 atom stereocenters. The van der Waals surface area contributed by atoms with Crippen molar-refractivity contribution in [2.75, 3.05) is 0 Å². The molecule has 0 fully saturated rings. The Morgan fingerprint density at radius 3 is 2.50 bits per heavy atom. The molecule has 0 rings (SSSR count). The van der Waals surface area contributed by atoms with Gasteiger partial charge in [-0.25, -0.2) is 0 Å². The summed E-state index contributed by atoms with van der Waals surface area (Å²) in [6.07, 6.45) is 6.79. The lowest BCUT2D eigenvalue weighted by atomic mass is 10.5. The molecular weight excluding hydrogens is 76.1 g/mol. The van der Waals surface area contributed by atoms with Crippen LogP contribution in [0.15, 0.2) is 18.2 Å². The van der Waals surface area contributed by atoms with E-state index in [0.29, 0.717) is 0 Å². The summed E-state index contributed by atoms with van der Waals surface area (Å²) in [5.74, 6) is 0. The average Bonchev–Trinajstić information content (AvgIpc) is 1.61. The van der Waals surface area contributed by atoms with Gasteiger partial charge in [-0.3, -0.25) is 0 Å². The summed E-state index contributed by atoms with van der Waals surface area (Å²) in [6.45, 7) is 1.87. The molecule has 1 radical (unpaired) electrons. The summed E-state index contributed by atoms with van der Waals surface area (Å²) >= 11 is 0. The minimum absolute atomic E-state index is 1.43. The molecule has 0 aromatic heterocycles. The molecule has 0 unspecified atom stereocenters. The number of allylic oxidation sites excluding steroid dienone is 3. The van der Waals surface area contributed by atoms with E-state index in [1.165, 1.54) is 6.08 Å². The van der Waals surface area contributed by atoms with Crippen molar-refractivity contribution in [3.8, 4) is 0 Å². The van der Waals surface area contributed by atoms with E-state index in [9.17, 15) is 0 Å². The Labute approximate surface area is 37.6 Å². The topological polar surface area (TPSA) is 20.2 Å². The standard InChI is InChI=1S/C5H7O/c1-2-3-4-5-6/h2-4,6H,1H3/b3-2+,5-4?. The number of hydrogen-bond donors (Lipinski definition) is 1. The summed E-state index contributed by atoms with van der Waals surface area (Å²) in [7, 11) is 0. The van der Waals surface area contributed by atoms with Crippen molar-refractivity contribution < 1.29 is 5.11 Å². The van der Waals surface area contributed by atoms with Crippen LogP contribution in [0.2, 0.25) is 0 Å². The van der Waals surface area contributed by atoms with E-state index in [0.717, 1.165) is 0 Å². The molecule has 0 aromatic rings. The third-order valence-electron chi connectivity index (χ3n) is 0.363. The molecule has 0 spiro atoms. The van der Waals surface area contributed by atoms with Gasteiger partial charge in [-0.15, -0.1) is 0 Å². The zero-order valence-electron chi connectivity index (χ0n) is 3.68. The van der Waals surface area contributed by atoms with Crippen LogP contribution in [0.4, 0.5) is 0 Å². The van der Waals surface area contributed by atoms with Crippen LogP contribution in [-0.4, -0.2) is 5.11 Å². The highest BCUT2D eigenvalue weighted by molar-refractivity contribution is 4.94. The van der Waals surface area contributed by atoms with Gasteiger partial charge in [-0.2, -0.15) is 0 Å². The Kier molecular flexibility index (Phi) is 3.77. The van der Waals surface area contributed by atoms with Crippen LogP contribution in [0, 0.1) is 6.26 Å². The fourth-order valence-corrected chi connectivity index (χ4v) is 0.139. The van der Waals surface area contributed by atoms with Crippen molar-refractivity contribution in [1.82, 2.24) is 0 Å². The maximum absolute atomic E-state index is 7.84. The third-order valence-corrected chi connectivity index (χ3v) is 0.363. The Morgan fingerprint density at radius 1 is 1.67 bits per heavy atom. The summed E-state index contributed by atoms with van der Waals surface area (Å²) in [5.41, 5.74) is 0. The Morgan fingerprint density at radius 2 is 2.33 bits per heavy atom. The minimum atomic E-state index is 1.43. The van der Waals surface area contributed by atoms with Gasteiger partial charge >= 0.3 is 0 Å². The van der Waals surface area contributed by atoms with Gasteiger partial charge in [-0.1, -0.05) is 12.2 Å². The molecule has 6 heavy (non-hydrogen) atoms. The van der Waals surface area contributed by atoms with Crippen molar-refractivity contribution in [2.24, 2.45) is 0 Å². The van der Waals surface area contributed by atoms with E-state index < -0.39 is 0 Å². The van der Waals surface area contributed by atoms with E-state index in [-0.39, 0.29) is 0 Å². The Bertz CT molecular complexity index is 52.3. The van der Waals surface area contributed by atoms with E-state index >= 15 is 0 Å². The summed E-state index contributed by atoms with van der Waals surface area (Å²) < 4.78 is 0. The van der Waals surface area contributed by atoms with Crippen LogP contribution in [0.3, 0.4) is 0 Å². The van der Waals surface area contributed by atoms with Crippen LogP contribution in [0.25, 0.3) is 0 Å².